The predicted octanol–water partition coefficient (Wildman–Crippen LogP) is 3.73. The summed E-state index contributed by atoms with van der Waals surface area (Å²) in [5, 5.41) is 12.0. The molecule has 176 valence electrons. The maximum absolute atomic E-state index is 5.81. The van der Waals surface area contributed by atoms with Gasteiger partial charge in [-0.15, -0.1) is 0 Å². The molecule has 1 aliphatic carbocycles. The quantitative estimate of drug-likeness (QED) is 0.228. The highest BCUT2D eigenvalue weighted by molar-refractivity contribution is 6.05. The maximum atomic E-state index is 5.81. The molecule has 1 heterocycles. The lowest BCUT2D eigenvalue weighted by Crippen LogP contribution is -2.14. The molecule has 5 N–H and O–H groups in total. The van der Waals surface area contributed by atoms with E-state index in [1.54, 1.807) is 14.2 Å². The maximum Gasteiger partial charge on any atom is 0.161 e. The molecule has 0 amide bonds. The van der Waals surface area contributed by atoms with Crippen molar-refractivity contribution in [1.29, 1.82) is 0 Å². The summed E-state index contributed by atoms with van der Waals surface area (Å²) in [4.78, 5) is 0. The number of fused-ring (bicyclic) bond motifs is 3. The van der Waals surface area contributed by atoms with E-state index in [2.05, 4.69) is 21.6 Å². The van der Waals surface area contributed by atoms with Crippen molar-refractivity contribution >= 4 is 22.3 Å². The average Bonchev–Trinajstić information content (AvgIpc) is 3.39. The van der Waals surface area contributed by atoms with Crippen molar-refractivity contribution in [1.82, 2.24) is 10.2 Å². The Labute approximate surface area is 192 Å². The molecule has 0 atom stereocenters. The summed E-state index contributed by atoms with van der Waals surface area (Å²) in [7, 11) is 3.27. The molecule has 2 aromatic rings. The van der Waals surface area contributed by atoms with Crippen molar-refractivity contribution in [2.24, 2.45) is 5.73 Å². The Balaban J connectivity index is 1.38. The van der Waals surface area contributed by atoms with Gasteiger partial charge < -0.3 is 34.7 Å². The normalized spacial score (nSPS) is 11.2. The summed E-state index contributed by atoms with van der Waals surface area (Å²) in [6, 6.07) is 13.9. The van der Waals surface area contributed by atoms with Crippen molar-refractivity contribution in [3.63, 3.8) is 0 Å². The number of ether oxygens (including phenoxy) is 5. The lowest BCUT2D eigenvalue weighted by atomic mass is 10.2. The number of hydrogen-bond donors (Lipinski definition) is 4. The first-order chi connectivity index (χ1) is 16.2. The number of hydrogen-bond acceptors (Lipinski definition) is 7. The van der Waals surface area contributed by atoms with Crippen LogP contribution in [-0.4, -0.2) is 64.0 Å². The number of rotatable bonds is 13. The SMILES string of the molecule is COc1cc2cc3c(Nc4cccc(OCCOCCOCCN)c4)[nH][nH]c-3c2cc1OC. The summed E-state index contributed by atoms with van der Waals surface area (Å²) in [5.41, 5.74) is 8.31. The Morgan fingerprint density at radius 1 is 0.848 bits per heavy atom. The molecule has 0 aromatic heterocycles. The molecule has 2 aromatic carbocycles. The van der Waals surface area contributed by atoms with E-state index in [0.29, 0.717) is 51.1 Å². The summed E-state index contributed by atoms with van der Waals surface area (Å²) < 4.78 is 27.5. The van der Waals surface area contributed by atoms with Gasteiger partial charge in [-0.3, -0.25) is 10.2 Å². The third kappa shape index (κ3) is 5.33. The zero-order chi connectivity index (χ0) is 23.0. The molecule has 0 saturated carbocycles. The van der Waals surface area contributed by atoms with Gasteiger partial charge >= 0.3 is 0 Å². The molecular formula is C24H30N4O5. The Morgan fingerprint density at radius 3 is 2.39 bits per heavy atom. The predicted molar refractivity (Wildman–Crippen MR) is 128 cm³/mol. The topological polar surface area (TPSA) is 116 Å². The van der Waals surface area contributed by atoms with Gasteiger partial charge in [0, 0.05) is 29.2 Å². The summed E-state index contributed by atoms with van der Waals surface area (Å²) in [5.74, 6) is 3.01. The molecule has 0 radical (unpaired) electrons. The molecule has 33 heavy (non-hydrogen) atoms. The molecule has 0 bridgehead atoms. The molecule has 0 saturated heterocycles. The monoisotopic (exact) mass is 454 g/mol. The highest BCUT2D eigenvalue weighted by Crippen LogP contribution is 2.42. The Hall–Kier alpha value is -3.40. The number of anilines is 2. The van der Waals surface area contributed by atoms with Gasteiger partial charge in [-0.2, -0.15) is 0 Å². The van der Waals surface area contributed by atoms with Crippen LogP contribution in [0.25, 0.3) is 22.0 Å². The van der Waals surface area contributed by atoms with Crippen LogP contribution in [0, 0.1) is 0 Å². The fourth-order valence-corrected chi connectivity index (χ4v) is 3.66. The second kappa shape index (κ2) is 11.0. The Bertz CT molecular complexity index is 1140. The van der Waals surface area contributed by atoms with E-state index in [4.69, 9.17) is 29.4 Å². The van der Waals surface area contributed by atoms with E-state index in [1.807, 2.05) is 36.4 Å². The van der Waals surface area contributed by atoms with Crippen molar-refractivity contribution in [3.8, 4) is 28.5 Å². The molecule has 9 heteroatoms. The standard InChI is InChI=1S/C24H30N4O5/c1-29-21-13-16-12-20-23(19(16)15-22(21)30-2)27-28-24(20)26-17-4-3-5-18(14-17)33-11-10-32-9-8-31-7-6-25/h3-5,12-15,26-28H,6-11,25H2,1-2H3. The van der Waals surface area contributed by atoms with Gasteiger partial charge in [-0.1, -0.05) is 6.07 Å². The zero-order valence-electron chi connectivity index (χ0n) is 18.9. The van der Waals surface area contributed by atoms with Gasteiger partial charge in [-0.25, -0.2) is 0 Å². The summed E-state index contributed by atoms with van der Waals surface area (Å²) in [6.45, 7) is 3.07. The van der Waals surface area contributed by atoms with Gasteiger partial charge in [-0.05, 0) is 35.7 Å². The van der Waals surface area contributed by atoms with Gasteiger partial charge in [0.1, 0.15) is 18.2 Å². The van der Waals surface area contributed by atoms with Crippen molar-refractivity contribution in [2.45, 2.75) is 0 Å². The van der Waals surface area contributed by atoms with Crippen LogP contribution in [0.5, 0.6) is 17.2 Å². The van der Waals surface area contributed by atoms with Crippen LogP contribution >= 0.6 is 0 Å². The third-order valence-electron chi connectivity index (χ3n) is 5.21. The molecule has 2 aliphatic rings. The van der Waals surface area contributed by atoms with Crippen LogP contribution < -0.4 is 25.3 Å². The van der Waals surface area contributed by atoms with Crippen LogP contribution in [-0.2, 0) is 9.47 Å². The van der Waals surface area contributed by atoms with E-state index in [-0.39, 0.29) is 0 Å². The fourth-order valence-electron chi connectivity index (χ4n) is 3.66. The summed E-state index contributed by atoms with van der Waals surface area (Å²) in [6.07, 6.45) is 0. The highest BCUT2D eigenvalue weighted by atomic mass is 16.5. The van der Waals surface area contributed by atoms with E-state index in [9.17, 15) is 0 Å². The number of nitrogens with two attached hydrogens (primary N) is 1. The lowest BCUT2D eigenvalue weighted by molar-refractivity contribution is 0.0388. The van der Waals surface area contributed by atoms with Crippen molar-refractivity contribution < 1.29 is 23.7 Å². The molecule has 0 fully saturated rings. The minimum Gasteiger partial charge on any atom is -0.493 e. The number of methoxy groups -OCH3 is 2. The van der Waals surface area contributed by atoms with Gasteiger partial charge in [0.05, 0.1) is 46.3 Å². The molecule has 4 rings (SSSR count). The minimum atomic E-state index is 0.457. The van der Waals surface area contributed by atoms with Gasteiger partial charge in [0.2, 0.25) is 0 Å². The smallest absolute Gasteiger partial charge is 0.161 e. The van der Waals surface area contributed by atoms with E-state index < -0.39 is 0 Å². The number of nitrogens with one attached hydrogen (secondary N) is 3. The first-order valence-corrected chi connectivity index (χ1v) is 10.8. The largest absolute Gasteiger partial charge is 0.493 e. The zero-order valence-corrected chi connectivity index (χ0v) is 18.9. The average molecular weight is 455 g/mol. The minimum absolute atomic E-state index is 0.457. The second-order valence-electron chi connectivity index (χ2n) is 7.37. The van der Waals surface area contributed by atoms with Gasteiger partial charge in [0.15, 0.2) is 11.5 Å². The molecule has 0 unspecified atom stereocenters. The lowest BCUT2D eigenvalue weighted by Gasteiger charge is -2.10. The number of H-pyrrole nitrogens is 2. The third-order valence-corrected chi connectivity index (χ3v) is 5.21. The first kappa shape index (κ1) is 22.8. The summed E-state index contributed by atoms with van der Waals surface area (Å²) >= 11 is 0. The van der Waals surface area contributed by atoms with Crippen molar-refractivity contribution in [2.75, 3.05) is 59.1 Å². The van der Waals surface area contributed by atoms with Crippen LogP contribution in [0.1, 0.15) is 0 Å². The number of benzene rings is 2. The van der Waals surface area contributed by atoms with E-state index in [0.717, 1.165) is 39.3 Å². The Morgan fingerprint density at radius 2 is 1.61 bits per heavy atom. The van der Waals surface area contributed by atoms with Gasteiger partial charge in [0.25, 0.3) is 0 Å². The van der Waals surface area contributed by atoms with Crippen LogP contribution in [0.2, 0.25) is 0 Å². The molecule has 1 aliphatic heterocycles. The number of aromatic amines is 2. The van der Waals surface area contributed by atoms with Crippen LogP contribution in [0.3, 0.4) is 0 Å². The molecule has 9 nitrogen and oxygen atoms in total. The second-order valence-corrected chi connectivity index (χ2v) is 7.37. The van der Waals surface area contributed by atoms with Crippen LogP contribution in [0.15, 0.2) is 42.5 Å². The van der Waals surface area contributed by atoms with E-state index in [1.165, 1.54) is 0 Å². The van der Waals surface area contributed by atoms with E-state index >= 15 is 0 Å². The highest BCUT2D eigenvalue weighted by Gasteiger charge is 2.19. The van der Waals surface area contributed by atoms with Crippen molar-refractivity contribution in [3.05, 3.63) is 42.5 Å². The van der Waals surface area contributed by atoms with Crippen LogP contribution in [0.4, 0.5) is 11.5 Å². The molecular weight excluding hydrogens is 424 g/mol. The fraction of sp³-hybridized carbons (Fsp3) is 0.333. The Kier molecular flexibility index (Phi) is 7.56. The number of aromatic nitrogens is 2. The molecule has 0 spiro atoms. The first-order valence-electron chi connectivity index (χ1n) is 10.8.